The highest BCUT2D eigenvalue weighted by molar-refractivity contribution is 6.35. The molecule has 0 bridgehead atoms. The monoisotopic (exact) mass is 537 g/mol. The van der Waals surface area contributed by atoms with Gasteiger partial charge in [0.1, 0.15) is 0 Å². The van der Waals surface area contributed by atoms with E-state index in [0.717, 1.165) is 54.1 Å². The molecule has 1 aromatic carbocycles. The van der Waals surface area contributed by atoms with E-state index >= 15 is 0 Å². The third kappa shape index (κ3) is 4.08. The highest BCUT2D eigenvalue weighted by Crippen LogP contribution is 2.55. The van der Waals surface area contributed by atoms with Crippen molar-refractivity contribution in [3.8, 4) is 11.1 Å². The quantitative estimate of drug-likeness (QED) is 0.342. The van der Waals surface area contributed by atoms with E-state index in [1.54, 1.807) is 6.92 Å². The summed E-state index contributed by atoms with van der Waals surface area (Å²) >= 11 is 6.93. The summed E-state index contributed by atoms with van der Waals surface area (Å²) in [6, 6.07) is 2.07. The lowest BCUT2D eigenvalue weighted by Gasteiger charge is -2.58. The molecule has 1 saturated carbocycles. The smallest absolute Gasteiger partial charge is 0.245 e. The van der Waals surface area contributed by atoms with E-state index in [0.29, 0.717) is 35.9 Å². The van der Waals surface area contributed by atoms with Crippen molar-refractivity contribution in [3.63, 3.8) is 0 Å². The first-order chi connectivity index (χ1) is 18.0. The van der Waals surface area contributed by atoms with Crippen molar-refractivity contribution in [2.75, 3.05) is 43.4 Å². The van der Waals surface area contributed by atoms with Crippen LogP contribution in [-0.2, 0) is 9.59 Å². The molecule has 1 aromatic heterocycles. The summed E-state index contributed by atoms with van der Waals surface area (Å²) in [5.74, 6) is 0.873. The minimum atomic E-state index is -0.0107. The van der Waals surface area contributed by atoms with Gasteiger partial charge >= 0.3 is 0 Å². The van der Waals surface area contributed by atoms with Crippen molar-refractivity contribution in [1.29, 1.82) is 5.41 Å². The molecule has 3 heterocycles. The van der Waals surface area contributed by atoms with Crippen LogP contribution in [0.15, 0.2) is 18.7 Å². The Labute approximate surface area is 228 Å². The van der Waals surface area contributed by atoms with Crippen molar-refractivity contribution in [3.05, 3.63) is 40.6 Å². The summed E-state index contributed by atoms with van der Waals surface area (Å²) in [6.07, 6.45) is 4.55. The number of carbonyl (C=O) groups is 2. The summed E-state index contributed by atoms with van der Waals surface area (Å²) in [5, 5.41) is 13.9. The van der Waals surface area contributed by atoms with E-state index < -0.39 is 0 Å². The fourth-order valence-electron chi connectivity index (χ4n) is 6.56. The van der Waals surface area contributed by atoms with E-state index in [1.165, 1.54) is 12.3 Å². The van der Waals surface area contributed by atoms with E-state index in [9.17, 15) is 9.59 Å². The number of nitrogen functional groups attached to an aromatic ring is 1. The molecular formula is C28H36ClN7O2. The van der Waals surface area contributed by atoms with Gasteiger partial charge in [-0.1, -0.05) is 18.2 Å². The second kappa shape index (κ2) is 9.45. The molecule has 202 valence electrons. The summed E-state index contributed by atoms with van der Waals surface area (Å²) < 4.78 is 2.11. The van der Waals surface area contributed by atoms with Crippen LogP contribution in [0.2, 0.25) is 5.02 Å². The maximum Gasteiger partial charge on any atom is 0.245 e. The van der Waals surface area contributed by atoms with E-state index in [2.05, 4.69) is 30.0 Å². The van der Waals surface area contributed by atoms with Gasteiger partial charge < -0.3 is 25.8 Å². The van der Waals surface area contributed by atoms with Crippen molar-refractivity contribution >= 4 is 41.1 Å². The fraction of sp³-hybridized carbons (Fsp3) is 0.500. The van der Waals surface area contributed by atoms with Crippen LogP contribution in [0.1, 0.15) is 49.6 Å². The Balaban J connectivity index is 1.56. The molecule has 3 N–H and O–H groups in total. The van der Waals surface area contributed by atoms with Gasteiger partial charge in [0.25, 0.3) is 0 Å². The summed E-state index contributed by atoms with van der Waals surface area (Å²) in [5.41, 5.74) is 11.1. The molecule has 10 heteroatoms. The highest BCUT2D eigenvalue weighted by Gasteiger charge is 2.54. The van der Waals surface area contributed by atoms with Crippen LogP contribution >= 0.6 is 11.6 Å². The number of nitrogens with zero attached hydrogens (tertiary/aromatic N) is 5. The minimum absolute atomic E-state index is 0.0107. The van der Waals surface area contributed by atoms with E-state index in [4.69, 9.17) is 27.8 Å². The van der Waals surface area contributed by atoms with E-state index in [1.807, 2.05) is 22.8 Å². The molecule has 9 nitrogen and oxygen atoms in total. The third-order valence-corrected chi connectivity index (χ3v) is 9.10. The molecule has 3 fully saturated rings. The molecular weight excluding hydrogens is 502 g/mol. The first kappa shape index (κ1) is 26.3. The molecule has 1 unspecified atom stereocenters. The molecule has 2 amide bonds. The Morgan fingerprint density at radius 2 is 1.89 bits per heavy atom. The zero-order valence-corrected chi connectivity index (χ0v) is 23.3. The Morgan fingerprint density at radius 1 is 1.21 bits per heavy atom. The number of anilines is 2. The number of nitrogens with one attached hydrogen (secondary N) is 1. The first-order valence-electron chi connectivity index (χ1n) is 13.1. The zero-order valence-electron chi connectivity index (χ0n) is 22.6. The number of amides is 2. The molecule has 5 rings (SSSR count). The molecule has 2 aromatic rings. The van der Waals surface area contributed by atoms with Gasteiger partial charge in [0, 0.05) is 85.4 Å². The standard InChI is InChI=1S/C28H36ClN7O2/c1-6-23(38)34-14-28(15-34)10-20(11-28)36-18(4)24(25-21(12-30)22(31)9-16(2)26(25)29)27(32-36)35-8-7-33(19(5)37)13-17(35)3/h6,9,12,17,20,30H,1,7-8,10-11,13-15,31H2,2-5H3. The van der Waals surface area contributed by atoms with Crippen LogP contribution < -0.4 is 10.6 Å². The van der Waals surface area contributed by atoms with Crippen LogP contribution in [0.4, 0.5) is 11.5 Å². The topological polar surface area (TPSA) is 112 Å². The van der Waals surface area contributed by atoms with Crippen LogP contribution in [0.5, 0.6) is 0 Å². The number of piperazine rings is 1. The maximum absolute atomic E-state index is 12.1. The first-order valence-corrected chi connectivity index (χ1v) is 13.5. The second-order valence-corrected chi connectivity index (χ2v) is 11.6. The number of hydrogen-bond acceptors (Lipinski definition) is 6. The van der Waals surface area contributed by atoms with Crippen molar-refractivity contribution in [2.45, 2.75) is 52.6 Å². The van der Waals surface area contributed by atoms with E-state index in [-0.39, 0.29) is 29.3 Å². The van der Waals surface area contributed by atoms with Crippen molar-refractivity contribution in [2.24, 2.45) is 5.41 Å². The lowest BCUT2D eigenvalue weighted by molar-refractivity contribution is -0.149. The van der Waals surface area contributed by atoms with Crippen LogP contribution in [0, 0.1) is 24.7 Å². The molecule has 0 radical (unpaired) electrons. The van der Waals surface area contributed by atoms with Gasteiger partial charge in [-0.15, -0.1) is 0 Å². The number of likely N-dealkylation sites (tertiary alicyclic amines) is 1. The van der Waals surface area contributed by atoms with Gasteiger partial charge in [-0.05, 0) is 51.3 Å². The van der Waals surface area contributed by atoms with Crippen LogP contribution in [0.25, 0.3) is 11.1 Å². The average molecular weight is 538 g/mol. The summed E-state index contributed by atoms with van der Waals surface area (Å²) in [7, 11) is 0. The Morgan fingerprint density at radius 3 is 2.47 bits per heavy atom. The third-order valence-electron chi connectivity index (χ3n) is 8.61. The summed E-state index contributed by atoms with van der Waals surface area (Å²) in [4.78, 5) is 30.0. The van der Waals surface area contributed by atoms with Gasteiger partial charge in [-0.3, -0.25) is 14.3 Å². The van der Waals surface area contributed by atoms with Crippen molar-refractivity contribution < 1.29 is 9.59 Å². The molecule has 1 spiro atoms. The molecule has 3 aliphatic rings. The number of rotatable bonds is 5. The number of aromatic nitrogens is 2. The Bertz CT molecular complexity index is 1340. The number of aryl methyl sites for hydroxylation is 1. The van der Waals surface area contributed by atoms with Gasteiger partial charge in [0.15, 0.2) is 5.82 Å². The maximum atomic E-state index is 12.1. The van der Waals surface area contributed by atoms with Crippen LogP contribution in [-0.4, -0.2) is 76.4 Å². The largest absolute Gasteiger partial charge is 0.398 e. The predicted molar refractivity (Wildman–Crippen MR) is 151 cm³/mol. The molecule has 2 aliphatic heterocycles. The molecule has 2 saturated heterocycles. The SMILES string of the molecule is C=CC(=O)N1CC2(CC(n3nc(N4CCN(C(C)=O)CC4C)c(-c4c(Cl)c(C)cc(N)c4C=N)c3C)C2)C1. The van der Waals surface area contributed by atoms with Gasteiger partial charge in [-0.2, -0.15) is 5.10 Å². The fourth-order valence-corrected chi connectivity index (χ4v) is 6.82. The number of hydrogen-bond donors (Lipinski definition) is 2. The minimum Gasteiger partial charge on any atom is -0.398 e. The van der Waals surface area contributed by atoms with Gasteiger partial charge in [-0.25, -0.2) is 0 Å². The van der Waals surface area contributed by atoms with Crippen LogP contribution in [0.3, 0.4) is 0 Å². The second-order valence-electron chi connectivity index (χ2n) is 11.2. The lowest BCUT2D eigenvalue weighted by Crippen LogP contribution is -2.63. The number of benzene rings is 1. The average Bonchev–Trinajstić information content (AvgIpc) is 3.15. The number of nitrogens with two attached hydrogens (primary N) is 1. The molecule has 38 heavy (non-hydrogen) atoms. The zero-order chi connectivity index (χ0) is 27.5. The Kier molecular flexibility index (Phi) is 6.54. The van der Waals surface area contributed by atoms with Gasteiger partial charge in [0.2, 0.25) is 11.8 Å². The lowest BCUT2D eigenvalue weighted by atomic mass is 9.60. The summed E-state index contributed by atoms with van der Waals surface area (Å²) in [6.45, 7) is 14.7. The highest BCUT2D eigenvalue weighted by atomic mass is 35.5. The molecule has 1 aliphatic carbocycles. The van der Waals surface area contributed by atoms with Crippen molar-refractivity contribution in [1.82, 2.24) is 19.6 Å². The number of halogens is 1. The Hall–Kier alpha value is -3.33. The normalized spacial score (nSPS) is 20.8. The number of carbonyl (C=O) groups excluding carboxylic acids is 2. The molecule has 1 atom stereocenters. The predicted octanol–water partition coefficient (Wildman–Crippen LogP) is 3.81. The van der Waals surface area contributed by atoms with Gasteiger partial charge in [0.05, 0.1) is 11.1 Å².